The zero-order valence-electron chi connectivity index (χ0n) is 17.2. The summed E-state index contributed by atoms with van der Waals surface area (Å²) < 4.78 is 10.8. The average molecular weight is 490 g/mol. The number of hydrogen-bond acceptors (Lipinski definition) is 4. The van der Waals surface area contributed by atoms with Crippen LogP contribution in [0.15, 0.2) is 23.2 Å². The Hall–Kier alpha value is -1.22. The van der Waals surface area contributed by atoms with Gasteiger partial charge in [0, 0.05) is 31.7 Å². The van der Waals surface area contributed by atoms with E-state index in [2.05, 4.69) is 34.5 Å². The Morgan fingerprint density at radius 1 is 1.26 bits per heavy atom. The number of methoxy groups -OCH3 is 2. The Balaban J connectivity index is 0.00000364. The fourth-order valence-corrected chi connectivity index (χ4v) is 3.53. The van der Waals surface area contributed by atoms with Crippen LogP contribution < -0.4 is 20.1 Å². The third-order valence-electron chi connectivity index (χ3n) is 5.19. The number of ether oxygens (including phenoxy) is 2. The van der Waals surface area contributed by atoms with Crippen LogP contribution in [-0.2, 0) is 0 Å². The maximum Gasteiger partial charge on any atom is 0.191 e. The maximum atomic E-state index is 5.49. The standard InChI is InChI=1S/C20H34N4O2.HI/c1-15(18-14-17(25-4)10-11-19(18)26-5)23-20(21-2)22-12-13-24(3)16-8-6-7-9-16;/h10-11,14-16H,6-9,12-13H2,1-5H3,(H2,21,22,23);1H. The van der Waals surface area contributed by atoms with E-state index in [-0.39, 0.29) is 30.0 Å². The second kappa shape index (κ2) is 12.3. The van der Waals surface area contributed by atoms with Gasteiger partial charge < -0.3 is 25.0 Å². The number of rotatable bonds is 8. The number of aliphatic imine (C=N–C) groups is 1. The van der Waals surface area contributed by atoms with E-state index in [0.29, 0.717) is 0 Å². The molecule has 1 atom stereocenters. The molecule has 1 aromatic carbocycles. The van der Waals surface area contributed by atoms with E-state index in [1.54, 1.807) is 21.3 Å². The Morgan fingerprint density at radius 2 is 1.96 bits per heavy atom. The zero-order valence-corrected chi connectivity index (χ0v) is 19.6. The van der Waals surface area contributed by atoms with Crippen molar-refractivity contribution in [2.75, 3.05) is 41.4 Å². The van der Waals surface area contributed by atoms with Crippen LogP contribution in [0.3, 0.4) is 0 Å². The van der Waals surface area contributed by atoms with Gasteiger partial charge in [0.05, 0.1) is 20.3 Å². The molecule has 1 aliphatic carbocycles. The van der Waals surface area contributed by atoms with E-state index < -0.39 is 0 Å². The molecule has 7 heteroatoms. The molecule has 27 heavy (non-hydrogen) atoms. The highest BCUT2D eigenvalue weighted by Crippen LogP contribution is 2.29. The molecule has 0 amide bonds. The third-order valence-corrected chi connectivity index (χ3v) is 5.19. The minimum atomic E-state index is 0. The molecule has 0 aliphatic heterocycles. The molecule has 1 saturated carbocycles. The SMILES string of the molecule is CN=C(NCCN(C)C1CCCC1)NC(C)c1cc(OC)ccc1OC.I. The first-order valence-electron chi connectivity index (χ1n) is 9.48. The molecule has 0 heterocycles. The topological polar surface area (TPSA) is 58.1 Å². The van der Waals surface area contributed by atoms with Crippen LogP contribution in [0, 0.1) is 0 Å². The quantitative estimate of drug-likeness (QED) is 0.332. The number of hydrogen-bond donors (Lipinski definition) is 2. The maximum absolute atomic E-state index is 5.49. The lowest BCUT2D eigenvalue weighted by Gasteiger charge is -2.25. The molecule has 0 radical (unpaired) electrons. The van der Waals surface area contributed by atoms with Crippen LogP contribution >= 0.6 is 24.0 Å². The molecule has 154 valence electrons. The van der Waals surface area contributed by atoms with E-state index >= 15 is 0 Å². The summed E-state index contributed by atoms with van der Waals surface area (Å²) in [4.78, 5) is 6.81. The van der Waals surface area contributed by atoms with E-state index in [1.165, 1.54) is 25.7 Å². The van der Waals surface area contributed by atoms with Gasteiger partial charge in [-0.1, -0.05) is 12.8 Å². The highest BCUT2D eigenvalue weighted by atomic mass is 127. The van der Waals surface area contributed by atoms with Crippen molar-refractivity contribution >= 4 is 29.9 Å². The summed E-state index contributed by atoms with van der Waals surface area (Å²) in [6, 6.07) is 6.61. The van der Waals surface area contributed by atoms with Crippen molar-refractivity contribution in [2.24, 2.45) is 4.99 Å². The molecule has 2 N–H and O–H groups in total. The van der Waals surface area contributed by atoms with Crippen molar-refractivity contribution in [1.29, 1.82) is 0 Å². The molecule has 1 unspecified atom stereocenters. The number of benzene rings is 1. The smallest absolute Gasteiger partial charge is 0.191 e. The fraction of sp³-hybridized carbons (Fsp3) is 0.650. The minimum Gasteiger partial charge on any atom is -0.497 e. The Morgan fingerprint density at radius 3 is 2.56 bits per heavy atom. The Bertz CT molecular complexity index is 591. The van der Waals surface area contributed by atoms with Gasteiger partial charge in [-0.3, -0.25) is 4.99 Å². The van der Waals surface area contributed by atoms with E-state index in [9.17, 15) is 0 Å². The number of guanidine groups is 1. The fourth-order valence-electron chi connectivity index (χ4n) is 3.53. The summed E-state index contributed by atoms with van der Waals surface area (Å²) >= 11 is 0. The second-order valence-electron chi connectivity index (χ2n) is 6.89. The number of nitrogens with one attached hydrogen (secondary N) is 2. The Labute approximate surface area is 181 Å². The van der Waals surface area contributed by atoms with Gasteiger partial charge in [-0.05, 0) is 45.0 Å². The molecular formula is C20H35IN4O2. The third kappa shape index (κ3) is 7.03. The number of nitrogens with zero attached hydrogens (tertiary/aromatic N) is 2. The van der Waals surface area contributed by atoms with Crippen LogP contribution in [0.1, 0.15) is 44.2 Å². The first kappa shape index (κ1) is 23.8. The largest absolute Gasteiger partial charge is 0.497 e. The highest BCUT2D eigenvalue weighted by Gasteiger charge is 2.19. The van der Waals surface area contributed by atoms with Gasteiger partial charge in [-0.2, -0.15) is 0 Å². The van der Waals surface area contributed by atoms with Crippen molar-refractivity contribution in [2.45, 2.75) is 44.7 Å². The van der Waals surface area contributed by atoms with Crippen molar-refractivity contribution in [3.8, 4) is 11.5 Å². The van der Waals surface area contributed by atoms with Crippen LogP contribution in [-0.4, -0.2) is 58.3 Å². The average Bonchev–Trinajstić information content (AvgIpc) is 3.21. The number of halogens is 1. The lowest BCUT2D eigenvalue weighted by molar-refractivity contribution is 0.249. The summed E-state index contributed by atoms with van der Waals surface area (Å²) in [5.41, 5.74) is 1.04. The van der Waals surface area contributed by atoms with Gasteiger partial charge >= 0.3 is 0 Å². The molecule has 6 nitrogen and oxygen atoms in total. The van der Waals surface area contributed by atoms with Gasteiger partial charge in [0.25, 0.3) is 0 Å². The van der Waals surface area contributed by atoms with Crippen molar-refractivity contribution in [3.05, 3.63) is 23.8 Å². The minimum absolute atomic E-state index is 0. The Kier molecular flexibility index (Phi) is 10.8. The molecule has 1 aromatic rings. The predicted molar refractivity (Wildman–Crippen MR) is 123 cm³/mol. The second-order valence-corrected chi connectivity index (χ2v) is 6.89. The van der Waals surface area contributed by atoms with E-state index in [1.807, 2.05) is 18.2 Å². The molecule has 1 aliphatic rings. The van der Waals surface area contributed by atoms with Gasteiger partial charge in [0.15, 0.2) is 5.96 Å². The predicted octanol–water partition coefficient (Wildman–Crippen LogP) is 3.42. The zero-order chi connectivity index (χ0) is 18.9. The highest BCUT2D eigenvalue weighted by molar-refractivity contribution is 14.0. The van der Waals surface area contributed by atoms with Gasteiger partial charge in [-0.25, -0.2) is 0 Å². The van der Waals surface area contributed by atoms with Gasteiger partial charge in [0.2, 0.25) is 0 Å². The molecular weight excluding hydrogens is 455 g/mol. The molecule has 0 saturated heterocycles. The lowest BCUT2D eigenvalue weighted by Crippen LogP contribution is -2.43. The van der Waals surface area contributed by atoms with Crippen LogP contribution in [0.25, 0.3) is 0 Å². The van der Waals surface area contributed by atoms with Crippen LogP contribution in [0.2, 0.25) is 0 Å². The van der Waals surface area contributed by atoms with Crippen LogP contribution in [0.5, 0.6) is 11.5 Å². The van der Waals surface area contributed by atoms with E-state index in [0.717, 1.165) is 42.2 Å². The number of likely N-dealkylation sites (N-methyl/N-ethyl adjacent to an activating group) is 1. The van der Waals surface area contributed by atoms with Gasteiger partial charge in [0.1, 0.15) is 11.5 Å². The molecule has 2 rings (SSSR count). The first-order valence-corrected chi connectivity index (χ1v) is 9.48. The van der Waals surface area contributed by atoms with Crippen LogP contribution in [0.4, 0.5) is 0 Å². The van der Waals surface area contributed by atoms with Crippen molar-refractivity contribution in [3.63, 3.8) is 0 Å². The first-order chi connectivity index (χ1) is 12.6. The summed E-state index contributed by atoms with van der Waals surface area (Å²) in [5, 5.41) is 6.85. The lowest BCUT2D eigenvalue weighted by atomic mass is 10.1. The summed E-state index contributed by atoms with van der Waals surface area (Å²) in [5.74, 6) is 2.44. The van der Waals surface area contributed by atoms with Crippen molar-refractivity contribution in [1.82, 2.24) is 15.5 Å². The monoisotopic (exact) mass is 490 g/mol. The molecule has 0 spiro atoms. The normalized spacial score (nSPS) is 16.0. The molecule has 1 fully saturated rings. The van der Waals surface area contributed by atoms with E-state index in [4.69, 9.17) is 9.47 Å². The summed E-state index contributed by atoms with van der Waals surface area (Å²) in [7, 11) is 7.37. The van der Waals surface area contributed by atoms with Gasteiger partial charge in [-0.15, -0.1) is 24.0 Å². The molecule has 0 aromatic heterocycles. The summed E-state index contributed by atoms with van der Waals surface area (Å²) in [6.45, 7) is 3.98. The summed E-state index contributed by atoms with van der Waals surface area (Å²) in [6.07, 6.45) is 5.39. The van der Waals surface area contributed by atoms with Crippen molar-refractivity contribution < 1.29 is 9.47 Å². The molecule has 0 bridgehead atoms.